The van der Waals surface area contributed by atoms with Crippen molar-refractivity contribution < 1.29 is 8.42 Å². The fraction of sp³-hybridized carbons (Fsp3) is 1.00. The predicted octanol–water partition coefficient (Wildman–Crippen LogP) is 0.540. The predicted molar refractivity (Wildman–Crippen MR) is 65.6 cm³/mol. The molecule has 90 valence electrons. The summed E-state index contributed by atoms with van der Waals surface area (Å²) in [5.74, 6) is 1.32. The van der Waals surface area contributed by atoms with Crippen LogP contribution in [0.3, 0.4) is 0 Å². The van der Waals surface area contributed by atoms with E-state index in [4.69, 9.17) is 5.73 Å². The Morgan fingerprint density at radius 2 is 2.20 bits per heavy atom. The van der Waals surface area contributed by atoms with E-state index in [-0.39, 0.29) is 5.75 Å². The van der Waals surface area contributed by atoms with Crippen LogP contribution in [0.2, 0.25) is 0 Å². The summed E-state index contributed by atoms with van der Waals surface area (Å²) in [7, 11) is -3.09. The molecule has 1 unspecified atom stereocenters. The highest BCUT2D eigenvalue weighted by atomic mass is 32.2. The molecule has 0 bridgehead atoms. The normalized spacial score (nSPS) is 22.9. The van der Waals surface area contributed by atoms with Crippen LogP contribution in [-0.4, -0.2) is 38.3 Å². The van der Waals surface area contributed by atoms with Crippen molar-refractivity contribution in [1.82, 2.24) is 4.72 Å². The third kappa shape index (κ3) is 5.75. The Hall–Kier alpha value is 0.220. The van der Waals surface area contributed by atoms with Gasteiger partial charge in [0.15, 0.2) is 0 Å². The van der Waals surface area contributed by atoms with E-state index in [1.165, 1.54) is 12.8 Å². The summed E-state index contributed by atoms with van der Waals surface area (Å²) in [6.45, 7) is 1.01. The molecule has 0 aliphatic carbocycles. The summed E-state index contributed by atoms with van der Waals surface area (Å²) >= 11 is 1.88. The van der Waals surface area contributed by atoms with Crippen molar-refractivity contribution in [2.75, 3.05) is 24.6 Å². The van der Waals surface area contributed by atoms with Crippen LogP contribution < -0.4 is 10.5 Å². The largest absolute Gasteiger partial charge is 0.330 e. The minimum atomic E-state index is -3.09. The second-order valence-electron chi connectivity index (χ2n) is 3.80. The second-order valence-corrected chi connectivity index (χ2v) is 7.13. The van der Waals surface area contributed by atoms with Gasteiger partial charge in [0.1, 0.15) is 0 Å². The average Bonchev–Trinajstić information content (AvgIpc) is 2.25. The van der Waals surface area contributed by atoms with Crippen LogP contribution in [0.1, 0.15) is 25.7 Å². The SMILES string of the molecule is NCCCS(=O)(=O)NCC1CCCCS1. The summed E-state index contributed by atoms with van der Waals surface area (Å²) in [6.07, 6.45) is 4.15. The molecule has 1 saturated heterocycles. The summed E-state index contributed by atoms with van der Waals surface area (Å²) < 4.78 is 25.6. The molecule has 6 heteroatoms. The molecule has 3 N–H and O–H groups in total. The highest BCUT2D eigenvalue weighted by molar-refractivity contribution is 8.00. The fourth-order valence-corrected chi connectivity index (χ4v) is 4.02. The minimum Gasteiger partial charge on any atom is -0.330 e. The van der Waals surface area contributed by atoms with Crippen molar-refractivity contribution in [3.63, 3.8) is 0 Å². The lowest BCUT2D eigenvalue weighted by Gasteiger charge is -2.21. The number of nitrogens with two attached hydrogens (primary N) is 1. The fourth-order valence-electron chi connectivity index (χ4n) is 1.53. The number of hydrogen-bond acceptors (Lipinski definition) is 4. The monoisotopic (exact) mass is 252 g/mol. The smallest absolute Gasteiger partial charge is 0.211 e. The van der Waals surface area contributed by atoms with Crippen LogP contribution in [0.4, 0.5) is 0 Å². The zero-order chi connectivity index (χ0) is 11.1. The highest BCUT2D eigenvalue weighted by Crippen LogP contribution is 2.24. The summed E-state index contributed by atoms with van der Waals surface area (Å²) in [4.78, 5) is 0. The van der Waals surface area contributed by atoms with Crippen LogP contribution >= 0.6 is 11.8 Å². The zero-order valence-corrected chi connectivity index (χ0v) is 10.6. The molecule has 0 aromatic rings. The molecule has 1 aliphatic heterocycles. The Kier molecular flexibility index (Phi) is 5.96. The van der Waals surface area contributed by atoms with E-state index in [1.54, 1.807) is 0 Å². The van der Waals surface area contributed by atoms with E-state index in [9.17, 15) is 8.42 Å². The standard InChI is InChI=1S/C9H20N2O2S2/c10-5-3-7-15(12,13)11-8-9-4-1-2-6-14-9/h9,11H,1-8,10H2. The van der Waals surface area contributed by atoms with Crippen molar-refractivity contribution in [3.05, 3.63) is 0 Å². The molecule has 1 fully saturated rings. The molecule has 1 aliphatic rings. The molecule has 0 aromatic carbocycles. The van der Waals surface area contributed by atoms with Crippen LogP contribution in [0.15, 0.2) is 0 Å². The van der Waals surface area contributed by atoms with Gasteiger partial charge in [-0.1, -0.05) is 6.42 Å². The molecule has 0 spiro atoms. The lowest BCUT2D eigenvalue weighted by Crippen LogP contribution is -2.34. The number of hydrogen-bond donors (Lipinski definition) is 2. The molecule has 15 heavy (non-hydrogen) atoms. The van der Waals surface area contributed by atoms with Gasteiger partial charge >= 0.3 is 0 Å². The maximum atomic E-state index is 11.5. The van der Waals surface area contributed by atoms with Gasteiger partial charge in [0.2, 0.25) is 10.0 Å². The van der Waals surface area contributed by atoms with E-state index in [0.29, 0.717) is 24.8 Å². The lowest BCUT2D eigenvalue weighted by atomic mass is 10.2. The Morgan fingerprint density at radius 3 is 2.80 bits per heavy atom. The second kappa shape index (κ2) is 6.73. The first-order chi connectivity index (χ1) is 7.14. The highest BCUT2D eigenvalue weighted by Gasteiger charge is 2.16. The van der Waals surface area contributed by atoms with Gasteiger partial charge in [-0.2, -0.15) is 11.8 Å². The van der Waals surface area contributed by atoms with Crippen LogP contribution in [0.25, 0.3) is 0 Å². The molecule has 1 rings (SSSR count). The lowest BCUT2D eigenvalue weighted by molar-refractivity contribution is 0.571. The van der Waals surface area contributed by atoms with E-state index < -0.39 is 10.0 Å². The molecule has 0 saturated carbocycles. The summed E-state index contributed by atoms with van der Waals surface area (Å²) in [6, 6.07) is 0. The number of nitrogens with one attached hydrogen (secondary N) is 1. The van der Waals surface area contributed by atoms with E-state index in [1.807, 2.05) is 11.8 Å². The maximum Gasteiger partial charge on any atom is 0.211 e. The first-order valence-electron chi connectivity index (χ1n) is 5.43. The van der Waals surface area contributed by atoms with Crippen LogP contribution in [0.5, 0.6) is 0 Å². The number of thioether (sulfide) groups is 1. The van der Waals surface area contributed by atoms with Crippen LogP contribution in [-0.2, 0) is 10.0 Å². The van der Waals surface area contributed by atoms with Crippen LogP contribution in [0, 0.1) is 0 Å². The third-order valence-corrected chi connectivity index (χ3v) is 5.25. The van der Waals surface area contributed by atoms with Crippen molar-refractivity contribution in [2.45, 2.75) is 30.9 Å². The minimum absolute atomic E-state index is 0.154. The average molecular weight is 252 g/mol. The summed E-state index contributed by atoms with van der Waals surface area (Å²) in [5, 5.41) is 0.464. The molecule has 0 aromatic heterocycles. The van der Waals surface area contributed by atoms with Gasteiger partial charge in [-0.05, 0) is 31.6 Å². The molecule has 4 nitrogen and oxygen atoms in total. The van der Waals surface area contributed by atoms with Gasteiger partial charge in [0.05, 0.1) is 5.75 Å². The van der Waals surface area contributed by atoms with E-state index >= 15 is 0 Å². The topological polar surface area (TPSA) is 72.2 Å². The quantitative estimate of drug-likeness (QED) is 0.724. The molecule has 0 amide bonds. The molecular formula is C9H20N2O2S2. The first-order valence-corrected chi connectivity index (χ1v) is 8.13. The van der Waals surface area contributed by atoms with Gasteiger partial charge in [-0.25, -0.2) is 13.1 Å². The van der Waals surface area contributed by atoms with Crippen molar-refractivity contribution in [1.29, 1.82) is 0 Å². The van der Waals surface area contributed by atoms with E-state index in [2.05, 4.69) is 4.72 Å². The molecule has 1 atom stereocenters. The van der Waals surface area contributed by atoms with E-state index in [0.717, 1.165) is 12.2 Å². The molecular weight excluding hydrogens is 232 g/mol. The van der Waals surface area contributed by atoms with Gasteiger partial charge in [-0.15, -0.1) is 0 Å². The van der Waals surface area contributed by atoms with Gasteiger partial charge in [0, 0.05) is 11.8 Å². The first kappa shape index (κ1) is 13.3. The Balaban J connectivity index is 2.22. The molecule has 0 radical (unpaired) electrons. The van der Waals surface area contributed by atoms with Crippen molar-refractivity contribution >= 4 is 21.8 Å². The molecule has 1 heterocycles. The number of sulfonamides is 1. The summed E-state index contributed by atoms with van der Waals surface area (Å²) in [5.41, 5.74) is 5.28. The zero-order valence-electron chi connectivity index (χ0n) is 8.94. The van der Waals surface area contributed by atoms with Gasteiger partial charge in [0.25, 0.3) is 0 Å². The van der Waals surface area contributed by atoms with Gasteiger partial charge < -0.3 is 5.73 Å². The van der Waals surface area contributed by atoms with Crippen molar-refractivity contribution in [2.24, 2.45) is 5.73 Å². The Morgan fingerprint density at radius 1 is 1.40 bits per heavy atom. The Bertz CT molecular complexity index is 261. The Labute approximate surface area is 96.4 Å². The number of rotatable bonds is 6. The van der Waals surface area contributed by atoms with Gasteiger partial charge in [-0.3, -0.25) is 0 Å². The maximum absolute atomic E-state index is 11.5. The third-order valence-electron chi connectivity index (χ3n) is 2.42. The van der Waals surface area contributed by atoms with Crippen molar-refractivity contribution in [3.8, 4) is 0 Å².